The van der Waals surface area contributed by atoms with E-state index in [9.17, 15) is 5.11 Å². The first-order valence-corrected chi connectivity index (χ1v) is 4.58. The molecule has 1 aliphatic heterocycles. The predicted octanol–water partition coefficient (Wildman–Crippen LogP) is 1.66. The average Bonchev–Trinajstić information content (AvgIpc) is 1.94. The summed E-state index contributed by atoms with van der Waals surface area (Å²) in [7, 11) is 0. The first-order valence-electron chi connectivity index (χ1n) is 4.58. The van der Waals surface area contributed by atoms with Gasteiger partial charge in [0.25, 0.3) is 0 Å². The molecule has 1 unspecified atom stereocenters. The van der Waals surface area contributed by atoms with Crippen molar-refractivity contribution < 1.29 is 5.11 Å². The van der Waals surface area contributed by atoms with Crippen molar-refractivity contribution in [1.82, 2.24) is 5.32 Å². The minimum Gasteiger partial charge on any atom is -0.387 e. The number of hydrogen-bond donors (Lipinski definition) is 2. The molecule has 0 saturated carbocycles. The molecule has 2 heteroatoms. The smallest absolute Gasteiger partial charge is 0.0906 e. The van der Waals surface area contributed by atoms with Gasteiger partial charge < -0.3 is 10.4 Å². The number of hydrogen-bond acceptors (Lipinski definition) is 2. The van der Waals surface area contributed by atoms with E-state index >= 15 is 0 Å². The Labute approximate surface area is 74.7 Å². The molecule has 0 saturated heterocycles. The molecule has 0 aromatic heterocycles. The predicted molar refractivity (Wildman–Crippen MR) is 50.8 cm³/mol. The van der Waals surface area contributed by atoms with Crippen LogP contribution in [-0.2, 0) is 0 Å². The summed E-state index contributed by atoms with van der Waals surface area (Å²) in [6, 6.07) is 0. The fourth-order valence-electron chi connectivity index (χ4n) is 1.66. The van der Waals surface area contributed by atoms with Crippen LogP contribution >= 0.6 is 0 Å². The Morgan fingerprint density at radius 1 is 1.50 bits per heavy atom. The molecule has 0 spiro atoms. The second-order valence-corrected chi connectivity index (χ2v) is 4.28. The van der Waals surface area contributed by atoms with Crippen molar-refractivity contribution in [2.75, 3.05) is 6.54 Å². The molecule has 1 atom stereocenters. The van der Waals surface area contributed by atoms with Crippen LogP contribution in [0.4, 0.5) is 0 Å². The van der Waals surface area contributed by atoms with Crippen LogP contribution in [0.5, 0.6) is 0 Å². The van der Waals surface area contributed by atoms with Crippen LogP contribution in [0, 0.1) is 5.41 Å². The largest absolute Gasteiger partial charge is 0.387 e. The van der Waals surface area contributed by atoms with Crippen molar-refractivity contribution in [3.63, 3.8) is 0 Å². The van der Waals surface area contributed by atoms with Gasteiger partial charge in [-0.1, -0.05) is 13.8 Å². The summed E-state index contributed by atoms with van der Waals surface area (Å²) in [4.78, 5) is 0. The summed E-state index contributed by atoms with van der Waals surface area (Å²) in [6.45, 7) is 9.35. The highest BCUT2D eigenvalue weighted by Gasteiger charge is 2.27. The first kappa shape index (κ1) is 9.59. The zero-order valence-electron chi connectivity index (χ0n) is 8.44. The Hall–Kier alpha value is -0.500. The highest BCUT2D eigenvalue weighted by Crippen LogP contribution is 2.34. The molecule has 0 bridgehead atoms. The van der Waals surface area contributed by atoms with Crippen LogP contribution in [0.15, 0.2) is 11.3 Å². The van der Waals surface area contributed by atoms with E-state index in [4.69, 9.17) is 0 Å². The summed E-state index contributed by atoms with van der Waals surface area (Å²) < 4.78 is 0. The van der Waals surface area contributed by atoms with E-state index in [-0.39, 0.29) is 11.5 Å². The average molecular weight is 169 g/mol. The minimum absolute atomic E-state index is 0.248. The van der Waals surface area contributed by atoms with Crippen molar-refractivity contribution in [2.24, 2.45) is 5.41 Å². The first-order chi connectivity index (χ1) is 5.45. The Balaban J connectivity index is 2.96. The van der Waals surface area contributed by atoms with E-state index in [0.29, 0.717) is 0 Å². The van der Waals surface area contributed by atoms with Gasteiger partial charge in [-0.2, -0.15) is 0 Å². The number of rotatable bonds is 1. The Bertz CT molecular complexity index is 204. The monoisotopic (exact) mass is 169 g/mol. The molecular formula is C10H19NO. The fourth-order valence-corrected chi connectivity index (χ4v) is 1.66. The van der Waals surface area contributed by atoms with E-state index in [1.807, 2.05) is 6.92 Å². The Morgan fingerprint density at radius 2 is 2.08 bits per heavy atom. The van der Waals surface area contributed by atoms with Crippen molar-refractivity contribution in [3.05, 3.63) is 11.3 Å². The second-order valence-electron chi connectivity index (χ2n) is 4.28. The molecule has 0 aromatic carbocycles. The number of allylic oxidation sites excluding steroid dienone is 1. The molecule has 2 nitrogen and oxygen atoms in total. The maximum absolute atomic E-state index is 9.46. The molecule has 0 aliphatic carbocycles. The van der Waals surface area contributed by atoms with Crippen molar-refractivity contribution in [1.29, 1.82) is 0 Å². The van der Waals surface area contributed by atoms with Gasteiger partial charge in [0, 0.05) is 12.2 Å². The van der Waals surface area contributed by atoms with Gasteiger partial charge in [-0.25, -0.2) is 0 Å². The third kappa shape index (κ3) is 1.63. The zero-order chi connectivity index (χ0) is 9.35. The summed E-state index contributed by atoms with van der Waals surface area (Å²) in [6.07, 6.45) is 0.791. The molecule has 0 fully saturated rings. The van der Waals surface area contributed by atoms with Crippen molar-refractivity contribution in [2.45, 2.75) is 40.2 Å². The molecule has 1 aliphatic rings. The topological polar surface area (TPSA) is 32.3 Å². The molecule has 70 valence electrons. The lowest BCUT2D eigenvalue weighted by Crippen LogP contribution is -2.35. The minimum atomic E-state index is -0.357. The molecule has 1 rings (SSSR count). The molecule has 1 heterocycles. The maximum Gasteiger partial charge on any atom is 0.0906 e. The standard InChI is InChI=1S/C10H19NO/c1-7-9(8(2)12)11-6-5-10(7,3)4/h8,11-12H,5-6H2,1-4H3. The SMILES string of the molecule is CC1=C(C(C)O)NCCC1(C)C. The van der Waals surface area contributed by atoms with Gasteiger partial charge in [-0.3, -0.25) is 0 Å². The van der Waals surface area contributed by atoms with E-state index < -0.39 is 0 Å². The highest BCUT2D eigenvalue weighted by atomic mass is 16.3. The van der Waals surface area contributed by atoms with Gasteiger partial charge in [0.2, 0.25) is 0 Å². The zero-order valence-corrected chi connectivity index (χ0v) is 8.44. The second kappa shape index (κ2) is 3.09. The van der Waals surface area contributed by atoms with Crippen LogP contribution in [0.1, 0.15) is 34.1 Å². The van der Waals surface area contributed by atoms with Crippen LogP contribution in [0.2, 0.25) is 0 Å². The van der Waals surface area contributed by atoms with Crippen LogP contribution in [-0.4, -0.2) is 17.8 Å². The van der Waals surface area contributed by atoms with Gasteiger partial charge in [0.15, 0.2) is 0 Å². The van der Waals surface area contributed by atoms with E-state index in [1.165, 1.54) is 5.57 Å². The summed E-state index contributed by atoms with van der Waals surface area (Å²) >= 11 is 0. The van der Waals surface area contributed by atoms with E-state index in [1.54, 1.807) is 0 Å². The van der Waals surface area contributed by atoms with E-state index in [0.717, 1.165) is 18.7 Å². The molecule has 0 radical (unpaired) electrons. The van der Waals surface area contributed by atoms with Gasteiger partial charge >= 0.3 is 0 Å². The molecule has 12 heavy (non-hydrogen) atoms. The fraction of sp³-hybridized carbons (Fsp3) is 0.800. The molecule has 2 N–H and O–H groups in total. The lowest BCUT2D eigenvalue weighted by molar-refractivity contribution is 0.207. The molecule has 0 amide bonds. The third-order valence-corrected chi connectivity index (χ3v) is 2.90. The molecule has 0 aromatic rings. The lowest BCUT2D eigenvalue weighted by atomic mass is 9.78. The number of aliphatic hydroxyl groups is 1. The normalized spacial score (nSPS) is 25.1. The molecular weight excluding hydrogens is 150 g/mol. The third-order valence-electron chi connectivity index (χ3n) is 2.90. The van der Waals surface area contributed by atoms with Crippen LogP contribution < -0.4 is 5.32 Å². The van der Waals surface area contributed by atoms with Gasteiger partial charge in [0.1, 0.15) is 0 Å². The van der Waals surface area contributed by atoms with Gasteiger partial charge in [0.05, 0.1) is 6.10 Å². The summed E-state index contributed by atoms with van der Waals surface area (Å²) in [5.74, 6) is 0. The van der Waals surface area contributed by atoms with Crippen LogP contribution in [0.3, 0.4) is 0 Å². The lowest BCUT2D eigenvalue weighted by Gasteiger charge is -2.35. The quantitative estimate of drug-likeness (QED) is 0.625. The van der Waals surface area contributed by atoms with Crippen LogP contribution in [0.25, 0.3) is 0 Å². The Morgan fingerprint density at radius 3 is 2.50 bits per heavy atom. The maximum atomic E-state index is 9.46. The van der Waals surface area contributed by atoms with Crippen molar-refractivity contribution in [3.8, 4) is 0 Å². The van der Waals surface area contributed by atoms with Gasteiger partial charge in [-0.05, 0) is 31.3 Å². The van der Waals surface area contributed by atoms with Crippen molar-refractivity contribution >= 4 is 0 Å². The Kier molecular flexibility index (Phi) is 2.47. The number of aliphatic hydroxyl groups excluding tert-OH is 1. The summed E-state index contributed by atoms with van der Waals surface area (Å²) in [5, 5.41) is 12.7. The highest BCUT2D eigenvalue weighted by molar-refractivity contribution is 5.22. The summed E-state index contributed by atoms with van der Waals surface area (Å²) in [5.41, 5.74) is 2.56. The number of nitrogens with one attached hydrogen (secondary N) is 1. The van der Waals surface area contributed by atoms with E-state index in [2.05, 4.69) is 26.1 Å². The van der Waals surface area contributed by atoms with Gasteiger partial charge in [-0.15, -0.1) is 0 Å².